The van der Waals surface area contributed by atoms with Crippen LogP contribution in [0.4, 0.5) is 8.78 Å². The largest absolute Gasteiger partial charge is 0.496 e. The van der Waals surface area contributed by atoms with E-state index in [1.54, 1.807) is 0 Å². The lowest BCUT2D eigenvalue weighted by molar-refractivity contribution is 0.146. The van der Waals surface area contributed by atoms with Gasteiger partial charge in [-0.1, -0.05) is 6.92 Å². The van der Waals surface area contributed by atoms with Crippen LogP contribution in [0, 0.1) is 0 Å². The summed E-state index contributed by atoms with van der Waals surface area (Å²) in [7, 11) is 2.87. The van der Waals surface area contributed by atoms with Crippen molar-refractivity contribution in [3.05, 3.63) is 23.3 Å². The van der Waals surface area contributed by atoms with Gasteiger partial charge in [0.15, 0.2) is 0 Å². The van der Waals surface area contributed by atoms with Crippen molar-refractivity contribution < 1.29 is 18.3 Å². The Morgan fingerprint density at radius 3 is 2.11 bits per heavy atom. The first kappa shape index (κ1) is 14.7. The van der Waals surface area contributed by atoms with E-state index in [-0.39, 0.29) is 17.2 Å². The number of halogens is 2. The van der Waals surface area contributed by atoms with Crippen LogP contribution >= 0.6 is 0 Å². The molecule has 0 aliphatic rings. The smallest absolute Gasteiger partial charge is 0.267 e. The van der Waals surface area contributed by atoms with Gasteiger partial charge in [0, 0.05) is 6.07 Å². The van der Waals surface area contributed by atoms with Crippen LogP contribution in [0.3, 0.4) is 0 Å². The average molecular weight is 259 g/mol. The van der Waals surface area contributed by atoms with E-state index in [1.807, 2.05) is 6.92 Å². The third-order valence-corrected chi connectivity index (χ3v) is 2.95. The number of ether oxygens (including phenoxy) is 2. The SMILES string of the molecule is COc1cc(OC)c(C(C)CCN)cc1C(F)F. The van der Waals surface area contributed by atoms with Gasteiger partial charge < -0.3 is 15.2 Å². The van der Waals surface area contributed by atoms with E-state index < -0.39 is 6.43 Å². The fourth-order valence-corrected chi connectivity index (χ4v) is 1.91. The molecule has 0 amide bonds. The number of alkyl halides is 2. The molecule has 1 rings (SSSR count). The van der Waals surface area contributed by atoms with E-state index in [9.17, 15) is 8.78 Å². The third-order valence-electron chi connectivity index (χ3n) is 2.95. The zero-order valence-corrected chi connectivity index (χ0v) is 10.9. The van der Waals surface area contributed by atoms with Crippen molar-refractivity contribution in [1.82, 2.24) is 0 Å². The van der Waals surface area contributed by atoms with Crippen molar-refractivity contribution in [2.24, 2.45) is 5.73 Å². The second-order valence-electron chi connectivity index (χ2n) is 4.12. The lowest BCUT2D eigenvalue weighted by atomic mass is 9.94. The highest BCUT2D eigenvalue weighted by molar-refractivity contribution is 5.48. The minimum absolute atomic E-state index is 0.0633. The molecule has 0 fully saturated rings. The van der Waals surface area contributed by atoms with E-state index in [1.165, 1.54) is 26.4 Å². The Morgan fingerprint density at radius 2 is 1.67 bits per heavy atom. The standard InChI is InChI=1S/C13H19F2NO2/c1-8(4-5-16)9-6-10(13(14)15)12(18-3)7-11(9)17-2/h6-8,13H,4-5,16H2,1-3H3. The molecule has 0 spiro atoms. The van der Waals surface area contributed by atoms with Crippen molar-refractivity contribution in [3.63, 3.8) is 0 Å². The molecule has 0 saturated carbocycles. The van der Waals surface area contributed by atoms with Crippen molar-refractivity contribution in [1.29, 1.82) is 0 Å². The molecule has 102 valence electrons. The number of methoxy groups -OCH3 is 2. The summed E-state index contributed by atoms with van der Waals surface area (Å²) in [6.07, 6.45) is -1.86. The fraction of sp³-hybridized carbons (Fsp3) is 0.538. The molecule has 3 nitrogen and oxygen atoms in total. The summed E-state index contributed by atoms with van der Waals surface area (Å²) >= 11 is 0. The molecule has 1 aromatic carbocycles. The van der Waals surface area contributed by atoms with Crippen LogP contribution in [-0.2, 0) is 0 Å². The molecule has 0 bridgehead atoms. The topological polar surface area (TPSA) is 44.5 Å². The summed E-state index contributed by atoms with van der Waals surface area (Å²) in [4.78, 5) is 0. The van der Waals surface area contributed by atoms with Gasteiger partial charge in [-0.05, 0) is 30.5 Å². The first-order valence-electron chi connectivity index (χ1n) is 5.79. The Kier molecular flexibility index (Phi) is 5.34. The minimum Gasteiger partial charge on any atom is -0.496 e. The van der Waals surface area contributed by atoms with E-state index in [4.69, 9.17) is 15.2 Å². The van der Waals surface area contributed by atoms with Gasteiger partial charge in [-0.25, -0.2) is 8.78 Å². The Bertz CT molecular complexity index is 397. The maximum atomic E-state index is 12.9. The molecule has 2 N–H and O–H groups in total. The normalized spacial score (nSPS) is 12.6. The quantitative estimate of drug-likeness (QED) is 0.853. The predicted molar refractivity (Wildman–Crippen MR) is 66.6 cm³/mol. The Labute approximate surface area is 106 Å². The molecule has 0 aliphatic heterocycles. The summed E-state index contributed by atoms with van der Waals surface area (Å²) in [5.74, 6) is 0.760. The molecule has 0 radical (unpaired) electrons. The van der Waals surface area contributed by atoms with E-state index >= 15 is 0 Å². The van der Waals surface area contributed by atoms with Gasteiger partial charge in [0.25, 0.3) is 6.43 Å². The van der Waals surface area contributed by atoms with Gasteiger partial charge in [0.05, 0.1) is 19.8 Å². The van der Waals surface area contributed by atoms with Crippen LogP contribution in [0.1, 0.15) is 36.8 Å². The monoisotopic (exact) mass is 259 g/mol. The van der Waals surface area contributed by atoms with E-state index in [0.29, 0.717) is 18.7 Å². The first-order chi connectivity index (χ1) is 8.54. The van der Waals surface area contributed by atoms with E-state index in [2.05, 4.69) is 0 Å². The molecule has 5 heteroatoms. The zero-order valence-electron chi connectivity index (χ0n) is 10.9. The van der Waals surface area contributed by atoms with Crippen LogP contribution in [0.15, 0.2) is 12.1 Å². The molecule has 1 unspecified atom stereocenters. The summed E-state index contributed by atoms with van der Waals surface area (Å²) in [5.41, 5.74) is 6.12. The zero-order chi connectivity index (χ0) is 13.7. The number of benzene rings is 1. The minimum atomic E-state index is -2.57. The summed E-state index contributed by atoms with van der Waals surface area (Å²) in [5, 5.41) is 0. The van der Waals surface area contributed by atoms with Crippen molar-refractivity contribution in [2.45, 2.75) is 25.7 Å². The van der Waals surface area contributed by atoms with Crippen LogP contribution in [0.2, 0.25) is 0 Å². The molecule has 0 heterocycles. The van der Waals surface area contributed by atoms with Crippen LogP contribution in [0.25, 0.3) is 0 Å². The van der Waals surface area contributed by atoms with Crippen molar-refractivity contribution >= 4 is 0 Å². The Balaban J connectivity index is 3.27. The highest BCUT2D eigenvalue weighted by Crippen LogP contribution is 2.38. The number of rotatable bonds is 6. The van der Waals surface area contributed by atoms with Crippen LogP contribution in [-0.4, -0.2) is 20.8 Å². The predicted octanol–water partition coefficient (Wildman–Crippen LogP) is 3.09. The van der Waals surface area contributed by atoms with Crippen molar-refractivity contribution in [2.75, 3.05) is 20.8 Å². The van der Waals surface area contributed by atoms with Gasteiger partial charge in [-0.3, -0.25) is 0 Å². The van der Waals surface area contributed by atoms with Crippen LogP contribution in [0.5, 0.6) is 11.5 Å². The highest BCUT2D eigenvalue weighted by Gasteiger charge is 2.20. The lowest BCUT2D eigenvalue weighted by Crippen LogP contribution is -2.07. The number of hydrogen-bond donors (Lipinski definition) is 1. The highest BCUT2D eigenvalue weighted by atomic mass is 19.3. The molecule has 1 atom stereocenters. The number of hydrogen-bond acceptors (Lipinski definition) is 3. The molecule has 0 saturated heterocycles. The van der Waals surface area contributed by atoms with Gasteiger partial charge >= 0.3 is 0 Å². The van der Waals surface area contributed by atoms with Crippen molar-refractivity contribution in [3.8, 4) is 11.5 Å². The summed E-state index contributed by atoms with van der Waals surface area (Å²) in [6, 6.07) is 2.95. The maximum absolute atomic E-state index is 12.9. The second-order valence-corrected chi connectivity index (χ2v) is 4.12. The van der Waals surface area contributed by atoms with E-state index in [0.717, 1.165) is 5.56 Å². The third kappa shape index (κ3) is 3.10. The molecule has 1 aromatic rings. The molecular formula is C13H19F2NO2. The molecular weight excluding hydrogens is 240 g/mol. The molecule has 0 aromatic heterocycles. The Hall–Kier alpha value is -1.36. The van der Waals surface area contributed by atoms with Gasteiger partial charge in [0.1, 0.15) is 11.5 Å². The number of nitrogens with two attached hydrogens (primary N) is 1. The maximum Gasteiger partial charge on any atom is 0.267 e. The molecule has 18 heavy (non-hydrogen) atoms. The Morgan fingerprint density at radius 1 is 1.11 bits per heavy atom. The average Bonchev–Trinajstić information content (AvgIpc) is 2.37. The summed E-state index contributed by atoms with van der Waals surface area (Å²) < 4.78 is 36.1. The lowest BCUT2D eigenvalue weighted by Gasteiger charge is -2.18. The van der Waals surface area contributed by atoms with Gasteiger partial charge in [-0.15, -0.1) is 0 Å². The van der Waals surface area contributed by atoms with Crippen LogP contribution < -0.4 is 15.2 Å². The fourth-order valence-electron chi connectivity index (χ4n) is 1.91. The van der Waals surface area contributed by atoms with Gasteiger partial charge in [0.2, 0.25) is 0 Å². The van der Waals surface area contributed by atoms with Gasteiger partial charge in [-0.2, -0.15) is 0 Å². The molecule has 0 aliphatic carbocycles. The summed E-state index contributed by atoms with van der Waals surface area (Å²) in [6.45, 7) is 2.44. The first-order valence-corrected chi connectivity index (χ1v) is 5.79. The second kappa shape index (κ2) is 6.54.